The monoisotopic (exact) mass is 268 g/mol. The molecule has 104 valence electrons. The summed E-state index contributed by atoms with van der Waals surface area (Å²) in [5.74, 6) is 0.0151. The zero-order valence-electron chi connectivity index (χ0n) is 12.2. The van der Waals surface area contributed by atoms with E-state index in [0.717, 1.165) is 11.4 Å². The molecule has 0 bridgehead atoms. The second-order valence-corrected chi connectivity index (χ2v) is 4.68. The van der Waals surface area contributed by atoms with Crippen LogP contribution in [-0.2, 0) is 0 Å². The van der Waals surface area contributed by atoms with Gasteiger partial charge in [0, 0.05) is 25.0 Å². The van der Waals surface area contributed by atoms with Crippen molar-refractivity contribution in [2.75, 3.05) is 23.8 Å². The molecule has 2 aromatic rings. The van der Waals surface area contributed by atoms with Crippen molar-refractivity contribution in [3.05, 3.63) is 59.7 Å². The maximum absolute atomic E-state index is 12.7. The Morgan fingerprint density at radius 3 is 2.35 bits per heavy atom. The van der Waals surface area contributed by atoms with Crippen molar-refractivity contribution in [2.24, 2.45) is 0 Å². The first-order valence-electron chi connectivity index (χ1n) is 6.82. The van der Waals surface area contributed by atoms with E-state index in [1.54, 1.807) is 4.90 Å². The van der Waals surface area contributed by atoms with Gasteiger partial charge in [-0.25, -0.2) is 0 Å². The number of nitrogens with one attached hydrogen (secondary N) is 1. The average Bonchev–Trinajstić information content (AvgIpc) is 2.49. The third-order valence-corrected chi connectivity index (χ3v) is 3.33. The molecular formula is C17H20N2O. The van der Waals surface area contributed by atoms with E-state index in [1.165, 1.54) is 5.56 Å². The highest BCUT2D eigenvalue weighted by atomic mass is 16.2. The number of hydrogen-bond donors (Lipinski definition) is 1. The highest BCUT2D eigenvalue weighted by Gasteiger charge is 2.18. The molecule has 3 heteroatoms. The molecule has 0 aliphatic rings. The fraction of sp³-hybridized carbons (Fsp3) is 0.235. The first kappa shape index (κ1) is 14.1. The molecule has 0 fully saturated rings. The van der Waals surface area contributed by atoms with Gasteiger partial charge in [-0.15, -0.1) is 0 Å². The van der Waals surface area contributed by atoms with E-state index in [1.807, 2.05) is 69.4 Å². The molecular weight excluding hydrogens is 248 g/mol. The summed E-state index contributed by atoms with van der Waals surface area (Å²) < 4.78 is 0. The van der Waals surface area contributed by atoms with Crippen LogP contribution in [-0.4, -0.2) is 19.5 Å². The molecule has 0 spiro atoms. The van der Waals surface area contributed by atoms with Gasteiger partial charge < -0.3 is 10.2 Å². The number of carbonyl (C=O) groups excluding carboxylic acids is 1. The van der Waals surface area contributed by atoms with Crippen molar-refractivity contribution in [3.8, 4) is 0 Å². The minimum absolute atomic E-state index is 0.0151. The van der Waals surface area contributed by atoms with Crippen molar-refractivity contribution >= 4 is 17.3 Å². The van der Waals surface area contributed by atoms with Crippen LogP contribution in [0.2, 0.25) is 0 Å². The van der Waals surface area contributed by atoms with Crippen LogP contribution in [0.1, 0.15) is 22.8 Å². The normalized spacial score (nSPS) is 10.2. The average molecular weight is 268 g/mol. The van der Waals surface area contributed by atoms with Crippen LogP contribution in [0.25, 0.3) is 0 Å². The summed E-state index contributed by atoms with van der Waals surface area (Å²) >= 11 is 0. The third-order valence-electron chi connectivity index (χ3n) is 3.33. The SMILES string of the molecule is CCN(C(=O)c1ccccc1NC)c1ccc(C)cc1. The first-order chi connectivity index (χ1) is 9.67. The lowest BCUT2D eigenvalue weighted by molar-refractivity contribution is 0.0989. The van der Waals surface area contributed by atoms with Crippen LogP contribution in [0, 0.1) is 6.92 Å². The predicted octanol–water partition coefficient (Wildman–Crippen LogP) is 3.70. The number of para-hydroxylation sites is 1. The van der Waals surface area contributed by atoms with Gasteiger partial charge in [0.05, 0.1) is 5.56 Å². The Hall–Kier alpha value is -2.29. The standard InChI is InChI=1S/C17H20N2O/c1-4-19(14-11-9-13(2)10-12-14)17(20)15-7-5-6-8-16(15)18-3/h5-12,18H,4H2,1-3H3. The van der Waals surface area contributed by atoms with Crippen molar-refractivity contribution in [3.63, 3.8) is 0 Å². The van der Waals surface area contributed by atoms with Crippen LogP contribution in [0.4, 0.5) is 11.4 Å². The summed E-state index contributed by atoms with van der Waals surface area (Å²) in [5, 5.41) is 3.07. The molecule has 0 saturated heterocycles. The van der Waals surface area contributed by atoms with Crippen LogP contribution in [0.3, 0.4) is 0 Å². The smallest absolute Gasteiger partial charge is 0.260 e. The molecule has 0 atom stereocenters. The predicted molar refractivity (Wildman–Crippen MR) is 84.5 cm³/mol. The maximum atomic E-state index is 12.7. The van der Waals surface area contributed by atoms with Crippen LogP contribution in [0.5, 0.6) is 0 Å². The van der Waals surface area contributed by atoms with Gasteiger partial charge in [0.1, 0.15) is 0 Å². The zero-order valence-corrected chi connectivity index (χ0v) is 12.2. The fourth-order valence-electron chi connectivity index (χ4n) is 2.20. The lowest BCUT2D eigenvalue weighted by Crippen LogP contribution is -2.31. The first-order valence-corrected chi connectivity index (χ1v) is 6.82. The molecule has 2 rings (SSSR count). The molecule has 0 unspecified atom stereocenters. The highest BCUT2D eigenvalue weighted by molar-refractivity contribution is 6.09. The largest absolute Gasteiger partial charge is 0.387 e. The molecule has 3 nitrogen and oxygen atoms in total. The second kappa shape index (κ2) is 6.24. The lowest BCUT2D eigenvalue weighted by Gasteiger charge is -2.22. The van der Waals surface area contributed by atoms with Gasteiger partial charge in [-0.2, -0.15) is 0 Å². The summed E-state index contributed by atoms with van der Waals surface area (Å²) in [6, 6.07) is 15.6. The molecule has 0 aromatic heterocycles. The highest BCUT2D eigenvalue weighted by Crippen LogP contribution is 2.21. The Labute approximate surface area is 120 Å². The van der Waals surface area contributed by atoms with E-state index in [4.69, 9.17) is 0 Å². The Kier molecular flexibility index (Phi) is 4.41. The summed E-state index contributed by atoms with van der Waals surface area (Å²) in [4.78, 5) is 14.5. The van der Waals surface area contributed by atoms with Gasteiger partial charge in [0.15, 0.2) is 0 Å². The minimum Gasteiger partial charge on any atom is -0.387 e. The molecule has 0 radical (unpaired) electrons. The van der Waals surface area contributed by atoms with Crippen molar-refractivity contribution in [2.45, 2.75) is 13.8 Å². The quantitative estimate of drug-likeness (QED) is 0.917. The van der Waals surface area contributed by atoms with Gasteiger partial charge in [0.2, 0.25) is 0 Å². The molecule has 0 saturated carbocycles. The second-order valence-electron chi connectivity index (χ2n) is 4.68. The lowest BCUT2D eigenvalue weighted by atomic mass is 10.1. The van der Waals surface area contributed by atoms with Gasteiger partial charge in [-0.1, -0.05) is 29.8 Å². The number of rotatable bonds is 4. The van der Waals surface area contributed by atoms with E-state index in [-0.39, 0.29) is 5.91 Å². The van der Waals surface area contributed by atoms with E-state index in [0.29, 0.717) is 12.1 Å². The summed E-state index contributed by atoms with van der Waals surface area (Å²) in [5.41, 5.74) is 3.65. The Bertz CT molecular complexity index is 590. The Morgan fingerprint density at radius 2 is 1.75 bits per heavy atom. The Morgan fingerprint density at radius 1 is 1.10 bits per heavy atom. The molecule has 1 amide bonds. The van der Waals surface area contributed by atoms with Crippen LogP contribution >= 0.6 is 0 Å². The van der Waals surface area contributed by atoms with Crippen molar-refractivity contribution in [1.82, 2.24) is 0 Å². The van der Waals surface area contributed by atoms with Gasteiger partial charge in [-0.3, -0.25) is 4.79 Å². The van der Waals surface area contributed by atoms with Crippen LogP contribution < -0.4 is 10.2 Å². The zero-order chi connectivity index (χ0) is 14.5. The molecule has 20 heavy (non-hydrogen) atoms. The van der Waals surface area contributed by atoms with Crippen LogP contribution in [0.15, 0.2) is 48.5 Å². The number of nitrogens with zero attached hydrogens (tertiary/aromatic N) is 1. The van der Waals surface area contributed by atoms with E-state index in [2.05, 4.69) is 5.32 Å². The van der Waals surface area contributed by atoms with Gasteiger partial charge >= 0.3 is 0 Å². The van der Waals surface area contributed by atoms with E-state index in [9.17, 15) is 4.79 Å². The number of anilines is 2. The topological polar surface area (TPSA) is 32.3 Å². The molecule has 0 aliphatic heterocycles. The van der Waals surface area contributed by atoms with E-state index >= 15 is 0 Å². The molecule has 0 aliphatic carbocycles. The maximum Gasteiger partial charge on any atom is 0.260 e. The summed E-state index contributed by atoms with van der Waals surface area (Å²) in [6.45, 7) is 4.66. The van der Waals surface area contributed by atoms with Gasteiger partial charge in [0.25, 0.3) is 5.91 Å². The van der Waals surface area contributed by atoms with E-state index < -0.39 is 0 Å². The summed E-state index contributed by atoms with van der Waals surface area (Å²) in [7, 11) is 1.83. The van der Waals surface area contributed by atoms with Gasteiger partial charge in [-0.05, 0) is 38.1 Å². The number of amides is 1. The number of carbonyl (C=O) groups is 1. The van der Waals surface area contributed by atoms with Crippen molar-refractivity contribution in [1.29, 1.82) is 0 Å². The van der Waals surface area contributed by atoms with Crippen molar-refractivity contribution < 1.29 is 4.79 Å². The third kappa shape index (κ3) is 2.82. The molecule has 2 aromatic carbocycles. The fourth-order valence-corrected chi connectivity index (χ4v) is 2.20. The number of aryl methyl sites for hydroxylation is 1. The minimum atomic E-state index is 0.0151. The Balaban J connectivity index is 2.36. The molecule has 0 heterocycles. The number of benzene rings is 2. The number of hydrogen-bond acceptors (Lipinski definition) is 2. The molecule has 1 N–H and O–H groups in total. The summed E-state index contributed by atoms with van der Waals surface area (Å²) in [6.07, 6.45) is 0.